The third-order valence-electron chi connectivity index (χ3n) is 3.35. The maximum absolute atomic E-state index is 3.65. The maximum atomic E-state index is 3.65. The second-order valence-electron chi connectivity index (χ2n) is 4.06. The first-order valence-corrected chi connectivity index (χ1v) is 6.50. The van der Waals surface area contributed by atoms with E-state index in [-0.39, 0.29) is 0 Å². The second-order valence-corrected chi connectivity index (χ2v) is 5.77. The number of hydrogen-bond donors (Lipinski definition) is 0. The average Bonchev–Trinajstić information content (AvgIpc) is 2.58. The predicted octanol–water partition coefficient (Wildman–Crippen LogP) is 4.45. The molecule has 0 N–H and O–H groups in total. The van der Waals surface area contributed by atoms with Crippen LogP contribution in [-0.2, 0) is 0 Å². The highest BCUT2D eigenvalue weighted by Gasteiger charge is 2.37. The van der Waals surface area contributed by atoms with Gasteiger partial charge >= 0.3 is 0 Å². The van der Waals surface area contributed by atoms with E-state index in [0.717, 1.165) is 5.92 Å². The van der Waals surface area contributed by atoms with E-state index >= 15 is 0 Å². The molecule has 1 fully saturated rings. The average molecular weight is 314 g/mol. The van der Waals surface area contributed by atoms with E-state index in [1.807, 2.05) is 0 Å². The van der Waals surface area contributed by atoms with E-state index in [2.05, 4.69) is 56.2 Å². The van der Waals surface area contributed by atoms with E-state index < -0.39 is 0 Å². The number of allylic oxidation sites excluding steroid dienone is 8. The van der Waals surface area contributed by atoms with E-state index in [4.69, 9.17) is 0 Å². The van der Waals surface area contributed by atoms with Gasteiger partial charge in [-0.15, -0.1) is 0 Å². The van der Waals surface area contributed by atoms with Gasteiger partial charge in [0.1, 0.15) is 0 Å². The Morgan fingerprint density at radius 2 is 2.07 bits per heavy atom. The van der Waals surface area contributed by atoms with Crippen LogP contribution in [0, 0.1) is 11.8 Å². The van der Waals surface area contributed by atoms with Gasteiger partial charge in [0, 0.05) is 14.9 Å². The number of rotatable bonds is 0. The summed E-state index contributed by atoms with van der Waals surface area (Å²) in [5, 5.41) is 0. The van der Waals surface area contributed by atoms with Gasteiger partial charge in [-0.3, -0.25) is 0 Å². The monoisotopic (exact) mass is 312 g/mol. The fourth-order valence-corrected chi connectivity index (χ4v) is 4.17. The van der Waals surface area contributed by atoms with Crippen molar-refractivity contribution in [2.45, 2.75) is 12.8 Å². The Labute approximate surface area is 101 Å². The molecule has 3 rings (SSSR count). The Balaban J connectivity index is 2.21. The van der Waals surface area contributed by atoms with Crippen molar-refractivity contribution in [3.8, 4) is 0 Å². The van der Waals surface area contributed by atoms with Crippen molar-refractivity contribution >= 4 is 31.9 Å². The van der Waals surface area contributed by atoms with Gasteiger partial charge in [-0.2, -0.15) is 0 Å². The van der Waals surface area contributed by atoms with Crippen LogP contribution in [0.1, 0.15) is 12.8 Å². The standard InChI is InChI=1S/C12H10Br2/c13-9-5-3-7-1-2-8-4-6-10(14)12(9)11(7)8/h3-7,11H,1-2H2. The van der Waals surface area contributed by atoms with Gasteiger partial charge in [0.2, 0.25) is 0 Å². The van der Waals surface area contributed by atoms with Crippen LogP contribution in [0.3, 0.4) is 0 Å². The largest absolute Gasteiger partial charge is 0.0793 e. The molecule has 0 aliphatic heterocycles. The van der Waals surface area contributed by atoms with Crippen molar-refractivity contribution in [3.05, 3.63) is 44.4 Å². The highest BCUT2D eigenvalue weighted by molar-refractivity contribution is 9.12. The van der Waals surface area contributed by atoms with Crippen LogP contribution >= 0.6 is 31.9 Å². The molecule has 0 aromatic heterocycles. The SMILES string of the molecule is BrC1=CC=C2CCC3C=CC(Br)=C1C23. The van der Waals surface area contributed by atoms with E-state index in [9.17, 15) is 0 Å². The normalized spacial score (nSPS) is 34.1. The summed E-state index contributed by atoms with van der Waals surface area (Å²) in [5.74, 6) is 1.38. The summed E-state index contributed by atoms with van der Waals surface area (Å²) in [6, 6.07) is 0. The Kier molecular flexibility index (Phi) is 2.10. The van der Waals surface area contributed by atoms with E-state index in [1.54, 1.807) is 5.57 Å². The van der Waals surface area contributed by atoms with Crippen molar-refractivity contribution in [1.29, 1.82) is 0 Å². The molecule has 14 heavy (non-hydrogen) atoms. The maximum Gasteiger partial charge on any atom is 0.0224 e. The molecule has 1 saturated carbocycles. The summed E-state index contributed by atoms with van der Waals surface area (Å²) in [6.07, 6.45) is 11.6. The molecule has 0 aromatic carbocycles. The van der Waals surface area contributed by atoms with Gasteiger partial charge in [0.25, 0.3) is 0 Å². The molecule has 2 heteroatoms. The first-order chi connectivity index (χ1) is 6.77. The molecule has 0 radical (unpaired) electrons. The minimum atomic E-state index is 0.647. The van der Waals surface area contributed by atoms with Crippen LogP contribution in [-0.4, -0.2) is 0 Å². The molecule has 3 aliphatic carbocycles. The lowest BCUT2D eigenvalue weighted by Gasteiger charge is -2.28. The van der Waals surface area contributed by atoms with Crippen LogP contribution in [0.15, 0.2) is 44.4 Å². The number of halogens is 2. The first-order valence-electron chi connectivity index (χ1n) is 4.92. The molecule has 0 saturated heterocycles. The quantitative estimate of drug-likeness (QED) is 0.620. The topological polar surface area (TPSA) is 0 Å². The van der Waals surface area contributed by atoms with Crippen LogP contribution in [0.5, 0.6) is 0 Å². The van der Waals surface area contributed by atoms with Gasteiger partial charge < -0.3 is 0 Å². The van der Waals surface area contributed by atoms with Gasteiger partial charge in [0.05, 0.1) is 0 Å². The zero-order chi connectivity index (χ0) is 9.71. The number of hydrogen-bond acceptors (Lipinski definition) is 0. The molecular weight excluding hydrogens is 304 g/mol. The van der Waals surface area contributed by atoms with Gasteiger partial charge in [-0.1, -0.05) is 55.7 Å². The lowest BCUT2D eigenvalue weighted by atomic mass is 9.80. The molecule has 72 valence electrons. The van der Waals surface area contributed by atoms with Crippen molar-refractivity contribution in [3.63, 3.8) is 0 Å². The lowest BCUT2D eigenvalue weighted by Crippen LogP contribution is -2.16. The van der Waals surface area contributed by atoms with Crippen LogP contribution in [0.2, 0.25) is 0 Å². The summed E-state index contributed by atoms with van der Waals surface area (Å²) in [4.78, 5) is 0. The van der Waals surface area contributed by atoms with Crippen LogP contribution < -0.4 is 0 Å². The Morgan fingerprint density at radius 3 is 2.93 bits per heavy atom. The van der Waals surface area contributed by atoms with Gasteiger partial charge in [-0.05, 0) is 30.4 Å². The van der Waals surface area contributed by atoms with Crippen molar-refractivity contribution in [2.75, 3.05) is 0 Å². The van der Waals surface area contributed by atoms with Crippen LogP contribution in [0.4, 0.5) is 0 Å². The Hall–Kier alpha value is -0.0800. The van der Waals surface area contributed by atoms with E-state index in [0.29, 0.717) is 5.92 Å². The van der Waals surface area contributed by atoms with Crippen molar-refractivity contribution < 1.29 is 0 Å². The van der Waals surface area contributed by atoms with Crippen LogP contribution in [0.25, 0.3) is 0 Å². The highest BCUT2D eigenvalue weighted by Crippen LogP contribution is 2.51. The molecular formula is C12H10Br2. The zero-order valence-electron chi connectivity index (χ0n) is 7.63. The third kappa shape index (κ3) is 1.17. The molecule has 2 unspecified atom stereocenters. The fraction of sp³-hybridized carbons (Fsp3) is 0.333. The predicted molar refractivity (Wildman–Crippen MR) is 66.4 cm³/mol. The molecule has 0 amide bonds. The summed E-state index contributed by atoms with van der Waals surface area (Å²) in [5.41, 5.74) is 3.06. The highest BCUT2D eigenvalue weighted by atomic mass is 79.9. The molecule has 0 nitrogen and oxygen atoms in total. The fourth-order valence-electron chi connectivity index (χ4n) is 2.70. The molecule has 3 aliphatic rings. The van der Waals surface area contributed by atoms with Gasteiger partial charge in [0.15, 0.2) is 0 Å². The van der Waals surface area contributed by atoms with E-state index in [1.165, 1.54) is 27.4 Å². The molecule has 2 atom stereocenters. The summed E-state index contributed by atoms with van der Waals surface area (Å²) >= 11 is 7.30. The first kappa shape index (κ1) is 9.17. The second kappa shape index (κ2) is 3.21. The Bertz CT molecular complexity index is 410. The molecule has 0 bridgehead atoms. The Morgan fingerprint density at radius 1 is 1.21 bits per heavy atom. The third-order valence-corrected chi connectivity index (χ3v) is 4.74. The summed E-state index contributed by atoms with van der Waals surface area (Å²) < 4.78 is 2.49. The minimum Gasteiger partial charge on any atom is -0.0793 e. The smallest absolute Gasteiger partial charge is 0.0224 e. The molecule has 0 heterocycles. The molecule has 0 aromatic rings. The lowest BCUT2D eigenvalue weighted by molar-refractivity contribution is 0.569. The zero-order valence-corrected chi connectivity index (χ0v) is 10.8. The summed E-state index contributed by atoms with van der Waals surface area (Å²) in [6.45, 7) is 0. The van der Waals surface area contributed by atoms with Crippen molar-refractivity contribution in [2.24, 2.45) is 11.8 Å². The van der Waals surface area contributed by atoms with Gasteiger partial charge in [-0.25, -0.2) is 0 Å². The van der Waals surface area contributed by atoms with Crippen molar-refractivity contribution in [1.82, 2.24) is 0 Å². The summed E-state index contributed by atoms with van der Waals surface area (Å²) in [7, 11) is 0. The minimum absolute atomic E-state index is 0.647. The molecule has 0 spiro atoms.